The zero-order valence-corrected chi connectivity index (χ0v) is 10.6. The molecule has 0 fully saturated rings. The van der Waals surface area contributed by atoms with Crippen molar-refractivity contribution in [2.75, 3.05) is 0 Å². The lowest BCUT2D eigenvalue weighted by Gasteiger charge is -2.03. The predicted molar refractivity (Wildman–Crippen MR) is 72.7 cm³/mol. The van der Waals surface area contributed by atoms with Crippen LogP contribution in [0.4, 0.5) is 0 Å². The first-order valence-electron chi connectivity index (χ1n) is 5.30. The highest BCUT2D eigenvalue weighted by Gasteiger charge is 2.02. The van der Waals surface area contributed by atoms with E-state index in [9.17, 15) is 0 Å². The Balaban J connectivity index is 2.18. The van der Waals surface area contributed by atoms with Crippen LogP contribution < -0.4 is 0 Å². The quantitative estimate of drug-likeness (QED) is 0.673. The van der Waals surface area contributed by atoms with Gasteiger partial charge in [0, 0.05) is 27.8 Å². The summed E-state index contributed by atoms with van der Waals surface area (Å²) in [5.74, 6) is 0. The van der Waals surface area contributed by atoms with Crippen LogP contribution in [0.3, 0.4) is 0 Å². The van der Waals surface area contributed by atoms with Crippen molar-refractivity contribution in [3.05, 3.63) is 59.3 Å². The molecule has 3 heteroatoms. The van der Waals surface area contributed by atoms with Crippen molar-refractivity contribution >= 4 is 26.8 Å². The normalized spacial score (nSPS) is 10.6. The smallest absolute Gasteiger partial charge is 0.0725 e. The van der Waals surface area contributed by atoms with E-state index in [4.69, 9.17) is 0 Å². The molecule has 0 spiro atoms. The Morgan fingerprint density at radius 2 is 1.82 bits per heavy atom. The molecule has 0 aliphatic rings. The van der Waals surface area contributed by atoms with Crippen LogP contribution in [-0.2, 0) is 0 Å². The summed E-state index contributed by atoms with van der Waals surface area (Å²) < 4.78 is 0.963. The van der Waals surface area contributed by atoms with Crippen LogP contribution in [-0.4, -0.2) is 9.97 Å². The lowest BCUT2D eigenvalue weighted by atomic mass is 10.1. The van der Waals surface area contributed by atoms with Gasteiger partial charge in [-0.15, -0.1) is 0 Å². The van der Waals surface area contributed by atoms with Gasteiger partial charge in [0.2, 0.25) is 0 Å². The number of hydrogen-bond acceptors (Lipinski definition) is 2. The Morgan fingerprint density at radius 3 is 2.71 bits per heavy atom. The van der Waals surface area contributed by atoms with Gasteiger partial charge >= 0.3 is 0 Å². The van der Waals surface area contributed by atoms with Gasteiger partial charge in [-0.25, -0.2) is 4.98 Å². The first-order valence-corrected chi connectivity index (χ1v) is 6.09. The molecule has 3 aromatic rings. The Kier molecular flexibility index (Phi) is 2.61. The number of nitrogens with zero attached hydrogens (tertiary/aromatic N) is 2. The third-order valence-electron chi connectivity index (χ3n) is 2.60. The summed E-state index contributed by atoms with van der Waals surface area (Å²) in [5, 5.41) is 1.15. The van der Waals surface area contributed by atoms with Crippen LogP contribution in [0.2, 0.25) is 0 Å². The molecule has 0 radical (unpaired) electrons. The standard InChI is InChI=1S/C14H9BrN2/c15-12-7-11(8-16-9-12)14-6-5-10-3-1-2-4-13(10)17-14/h1-9H. The topological polar surface area (TPSA) is 25.8 Å². The second kappa shape index (κ2) is 4.26. The van der Waals surface area contributed by atoms with Gasteiger partial charge in [0.15, 0.2) is 0 Å². The molecule has 0 amide bonds. The van der Waals surface area contributed by atoms with Crippen LogP contribution in [0.5, 0.6) is 0 Å². The van der Waals surface area contributed by atoms with Gasteiger partial charge in [-0.2, -0.15) is 0 Å². The van der Waals surface area contributed by atoms with Gasteiger partial charge in [-0.1, -0.05) is 24.3 Å². The van der Waals surface area contributed by atoms with E-state index in [2.05, 4.69) is 38.0 Å². The number of aromatic nitrogens is 2. The second-order valence-electron chi connectivity index (χ2n) is 3.78. The third kappa shape index (κ3) is 2.06. The zero-order chi connectivity index (χ0) is 11.7. The summed E-state index contributed by atoms with van der Waals surface area (Å²) in [4.78, 5) is 8.78. The maximum Gasteiger partial charge on any atom is 0.0725 e. The van der Waals surface area contributed by atoms with Crippen molar-refractivity contribution in [3.8, 4) is 11.3 Å². The predicted octanol–water partition coefficient (Wildman–Crippen LogP) is 4.06. The molecule has 0 saturated heterocycles. The van der Waals surface area contributed by atoms with E-state index in [1.54, 1.807) is 6.20 Å². The maximum atomic E-state index is 4.63. The largest absolute Gasteiger partial charge is 0.263 e. The van der Waals surface area contributed by atoms with Crippen LogP contribution in [0, 0.1) is 0 Å². The fourth-order valence-corrected chi connectivity index (χ4v) is 2.14. The van der Waals surface area contributed by atoms with Gasteiger partial charge in [0.25, 0.3) is 0 Å². The summed E-state index contributed by atoms with van der Waals surface area (Å²) in [5.41, 5.74) is 2.97. The minimum Gasteiger partial charge on any atom is -0.263 e. The molecule has 2 nitrogen and oxygen atoms in total. The number of hydrogen-bond donors (Lipinski definition) is 0. The zero-order valence-electron chi connectivity index (χ0n) is 8.97. The lowest BCUT2D eigenvalue weighted by Crippen LogP contribution is -1.86. The van der Waals surface area contributed by atoms with Crippen molar-refractivity contribution in [3.63, 3.8) is 0 Å². The van der Waals surface area contributed by atoms with Crippen molar-refractivity contribution in [1.82, 2.24) is 9.97 Å². The number of fused-ring (bicyclic) bond motifs is 1. The highest BCUT2D eigenvalue weighted by molar-refractivity contribution is 9.10. The minimum absolute atomic E-state index is 0.942. The minimum atomic E-state index is 0.942. The van der Waals surface area contributed by atoms with Crippen molar-refractivity contribution in [2.24, 2.45) is 0 Å². The van der Waals surface area contributed by atoms with Crippen LogP contribution in [0.1, 0.15) is 0 Å². The molecule has 0 saturated carbocycles. The first-order chi connectivity index (χ1) is 8.33. The Hall–Kier alpha value is -1.74. The summed E-state index contributed by atoms with van der Waals surface area (Å²) in [7, 11) is 0. The van der Waals surface area contributed by atoms with Gasteiger partial charge < -0.3 is 0 Å². The molecule has 0 N–H and O–H groups in total. The van der Waals surface area contributed by atoms with E-state index in [-0.39, 0.29) is 0 Å². The maximum absolute atomic E-state index is 4.63. The average Bonchev–Trinajstić information content (AvgIpc) is 2.38. The van der Waals surface area contributed by atoms with E-state index in [1.807, 2.05) is 36.5 Å². The van der Waals surface area contributed by atoms with Gasteiger partial charge in [0.05, 0.1) is 11.2 Å². The van der Waals surface area contributed by atoms with E-state index < -0.39 is 0 Å². The highest BCUT2D eigenvalue weighted by Crippen LogP contribution is 2.22. The third-order valence-corrected chi connectivity index (χ3v) is 3.03. The SMILES string of the molecule is Brc1cncc(-c2ccc3ccccc3n2)c1. The van der Waals surface area contributed by atoms with Crippen molar-refractivity contribution < 1.29 is 0 Å². The number of rotatable bonds is 1. The monoisotopic (exact) mass is 284 g/mol. The van der Waals surface area contributed by atoms with Gasteiger partial charge in [0.1, 0.15) is 0 Å². The summed E-state index contributed by atoms with van der Waals surface area (Å²) in [6.07, 6.45) is 3.59. The number of halogens is 1. The Morgan fingerprint density at radius 1 is 0.941 bits per heavy atom. The van der Waals surface area contributed by atoms with Crippen molar-refractivity contribution in [2.45, 2.75) is 0 Å². The number of benzene rings is 1. The molecular weight excluding hydrogens is 276 g/mol. The van der Waals surface area contributed by atoms with Gasteiger partial charge in [-0.05, 0) is 34.1 Å². The average molecular weight is 285 g/mol. The van der Waals surface area contributed by atoms with Gasteiger partial charge in [-0.3, -0.25) is 4.98 Å². The highest BCUT2D eigenvalue weighted by atomic mass is 79.9. The number of para-hydroxylation sites is 1. The molecule has 0 atom stereocenters. The molecule has 17 heavy (non-hydrogen) atoms. The molecule has 0 aliphatic carbocycles. The van der Waals surface area contributed by atoms with Crippen LogP contribution >= 0.6 is 15.9 Å². The lowest BCUT2D eigenvalue weighted by molar-refractivity contribution is 1.29. The summed E-state index contributed by atoms with van der Waals surface area (Å²) in [6.45, 7) is 0. The van der Waals surface area contributed by atoms with Crippen LogP contribution in [0.15, 0.2) is 59.3 Å². The Labute approximate surface area is 107 Å². The fraction of sp³-hybridized carbons (Fsp3) is 0. The van der Waals surface area contributed by atoms with Crippen molar-refractivity contribution in [1.29, 1.82) is 0 Å². The molecule has 0 aliphatic heterocycles. The van der Waals surface area contributed by atoms with Crippen LogP contribution in [0.25, 0.3) is 22.2 Å². The van der Waals surface area contributed by atoms with E-state index in [0.29, 0.717) is 0 Å². The first kappa shape index (κ1) is 10.4. The fourth-order valence-electron chi connectivity index (χ4n) is 1.78. The molecule has 0 bridgehead atoms. The van der Waals surface area contributed by atoms with E-state index in [1.165, 1.54) is 0 Å². The molecule has 82 valence electrons. The molecule has 0 unspecified atom stereocenters. The Bertz CT molecular complexity index is 680. The molecule has 2 aromatic heterocycles. The number of pyridine rings is 2. The summed E-state index contributed by atoms with van der Waals surface area (Å²) in [6, 6.07) is 14.2. The molecule has 3 rings (SSSR count). The van der Waals surface area contributed by atoms with E-state index >= 15 is 0 Å². The molecular formula is C14H9BrN2. The van der Waals surface area contributed by atoms with E-state index in [0.717, 1.165) is 26.6 Å². The second-order valence-corrected chi connectivity index (χ2v) is 4.70. The summed E-state index contributed by atoms with van der Waals surface area (Å²) >= 11 is 3.42. The molecule has 2 heterocycles. The molecule has 1 aromatic carbocycles.